The van der Waals surface area contributed by atoms with E-state index in [1.807, 2.05) is 36.4 Å². The van der Waals surface area contributed by atoms with Crippen molar-refractivity contribution >= 4 is 29.4 Å². The summed E-state index contributed by atoms with van der Waals surface area (Å²) < 4.78 is 0. The third-order valence-corrected chi connectivity index (χ3v) is 3.26. The average molecular weight is 271 g/mol. The Kier molecular flexibility index (Phi) is 3.05. The molecule has 2 aromatic rings. The van der Waals surface area contributed by atoms with Gasteiger partial charge >= 0.3 is 0 Å². The Morgan fingerprint density at radius 2 is 1.89 bits per heavy atom. The number of hydrogen-bond acceptors (Lipinski definition) is 2. The second kappa shape index (κ2) is 4.86. The minimum absolute atomic E-state index is 0.214. The molecule has 0 fully saturated rings. The lowest BCUT2D eigenvalue weighted by atomic mass is 9.98. The summed E-state index contributed by atoms with van der Waals surface area (Å²) in [6, 6.07) is 15.0. The van der Waals surface area contributed by atoms with E-state index in [-0.39, 0.29) is 11.9 Å². The zero-order valence-corrected chi connectivity index (χ0v) is 10.8. The maximum Gasteiger partial charge on any atom is 0.266 e. The van der Waals surface area contributed by atoms with Crippen LogP contribution in [0.4, 0.5) is 5.69 Å². The minimum Gasteiger partial charge on any atom is -0.321 e. The van der Waals surface area contributed by atoms with Crippen molar-refractivity contribution < 1.29 is 4.79 Å². The van der Waals surface area contributed by atoms with Crippen molar-refractivity contribution in [2.75, 3.05) is 5.32 Å². The maximum absolute atomic E-state index is 11.6. The van der Waals surface area contributed by atoms with Crippen molar-refractivity contribution in [2.45, 2.75) is 6.04 Å². The minimum atomic E-state index is -0.220. The van der Waals surface area contributed by atoms with Crippen LogP contribution in [0.2, 0.25) is 5.02 Å². The van der Waals surface area contributed by atoms with Crippen molar-refractivity contribution in [2.24, 2.45) is 4.99 Å². The molecule has 0 aromatic heterocycles. The van der Waals surface area contributed by atoms with Crippen LogP contribution in [0, 0.1) is 0 Å². The molecule has 0 saturated heterocycles. The quantitative estimate of drug-likeness (QED) is 0.847. The van der Waals surface area contributed by atoms with Gasteiger partial charge in [0.05, 0.1) is 6.21 Å². The first-order valence-electron chi connectivity index (χ1n) is 5.92. The summed E-state index contributed by atoms with van der Waals surface area (Å²) in [5, 5.41) is 3.43. The van der Waals surface area contributed by atoms with Crippen molar-refractivity contribution in [3.8, 4) is 0 Å². The van der Waals surface area contributed by atoms with Crippen LogP contribution in [-0.2, 0) is 4.79 Å². The number of hydrogen-bond donors (Lipinski definition) is 1. The summed E-state index contributed by atoms with van der Waals surface area (Å²) >= 11 is 6.05. The Balaban J connectivity index is 2.17. The second-order valence-corrected chi connectivity index (χ2v) is 4.75. The Bertz CT molecular complexity index is 652. The number of nitrogens with zero attached hydrogens (tertiary/aromatic N) is 1. The molecule has 1 heterocycles. The van der Waals surface area contributed by atoms with Gasteiger partial charge in [-0.3, -0.25) is 9.79 Å². The molecule has 1 N–H and O–H groups in total. The van der Waals surface area contributed by atoms with Gasteiger partial charge < -0.3 is 5.32 Å². The zero-order chi connectivity index (χ0) is 13.2. The molecular weight excluding hydrogens is 260 g/mol. The number of aliphatic imine (C=N–C) groups is 1. The van der Waals surface area contributed by atoms with Gasteiger partial charge in [0.1, 0.15) is 6.04 Å². The standard InChI is InChI=1S/C15H11ClN2O/c16-11-6-7-13-12(8-11)15(17-9-14(19)18-13)10-4-2-1-3-5-10/h1-9,15H,(H,18,19). The number of anilines is 1. The van der Waals surface area contributed by atoms with E-state index in [4.69, 9.17) is 11.6 Å². The molecule has 0 aliphatic carbocycles. The first-order chi connectivity index (χ1) is 9.24. The lowest BCUT2D eigenvalue weighted by Gasteiger charge is -2.15. The fraction of sp³-hybridized carbons (Fsp3) is 0.0667. The first-order valence-corrected chi connectivity index (χ1v) is 6.30. The summed E-state index contributed by atoms with van der Waals surface area (Å²) in [7, 11) is 0. The predicted octanol–water partition coefficient (Wildman–Crippen LogP) is 3.45. The summed E-state index contributed by atoms with van der Waals surface area (Å²) in [6.45, 7) is 0. The van der Waals surface area contributed by atoms with Gasteiger partial charge in [0.2, 0.25) is 0 Å². The van der Waals surface area contributed by atoms with Gasteiger partial charge in [-0.05, 0) is 23.8 Å². The molecule has 1 atom stereocenters. The van der Waals surface area contributed by atoms with Gasteiger partial charge in [-0.15, -0.1) is 0 Å². The normalized spacial score (nSPS) is 17.5. The van der Waals surface area contributed by atoms with Crippen molar-refractivity contribution in [1.82, 2.24) is 0 Å². The summed E-state index contributed by atoms with van der Waals surface area (Å²) in [5.41, 5.74) is 2.68. The molecular formula is C15H11ClN2O. The largest absolute Gasteiger partial charge is 0.321 e. The molecule has 0 bridgehead atoms. The van der Waals surface area contributed by atoms with Gasteiger partial charge in [-0.1, -0.05) is 41.9 Å². The van der Waals surface area contributed by atoms with Crippen LogP contribution in [0.1, 0.15) is 17.2 Å². The third kappa shape index (κ3) is 2.37. The molecule has 1 aliphatic heterocycles. The highest BCUT2D eigenvalue weighted by atomic mass is 35.5. The van der Waals surface area contributed by atoms with E-state index in [1.54, 1.807) is 12.1 Å². The summed E-state index contributed by atoms with van der Waals surface area (Å²) in [6.07, 6.45) is 1.32. The van der Waals surface area contributed by atoms with Gasteiger partial charge in [0.15, 0.2) is 0 Å². The molecule has 0 saturated carbocycles. The Morgan fingerprint density at radius 1 is 1.11 bits per heavy atom. The summed E-state index contributed by atoms with van der Waals surface area (Å²) in [4.78, 5) is 16.0. The lowest BCUT2D eigenvalue weighted by molar-refractivity contribution is -0.109. The Morgan fingerprint density at radius 3 is 2.68 bits per heavy atom. The molecule has 1 amide bonds. The van der Waals surface area contributed by atoms with E-state index in [9.17, 15) is 4.79 Å². The number of benzene rings is 2. The van der Waals surface area contributed by atoms with E-state index in [2.05, 4.69) is 10.3 Å². The fourth-order valence-electron chi connectivity index (χ4n) is 2.16. The average Bonchev–Trinajstić information content (AvgIpc) is 2.58. The molecule has 0 spiro atoms. The van der Waals surface area contributed by atoms with Crippen LogP contribution >= 0.6 is 11.6 Å². The number of amides is 1. The lowest BCUT2D eigenvalue weighted by Crippen LogP contribution is -2.11. The Hall–Kier alpha value is -2.13. The molecule has 0 radical (unpaired) electrons. The van der Waals surface area contributed by atoms with Gasteiger partial charge in [-0.2, -0.15) is 0 Å². The van der Waals surface area contributed by atoms with E-state index >= 15 is 0 Å². The molecule has 3 rings (SSSR count). The van der Waals surface area contributed by atoms with Crippen LogP contribution in [0.25, 0.3) is 0 Å². The van der Waals surface area contributed by atoms with Crippen molar-refractivity contribution in [3.63, 3.8) is 0 Å². The highest BCUT2D eigenvalue weighted by Crippen LogP contribution is 2.34. The van der Waals surface area contributed by atoms with E-state index in [0.717, 1.165) is 16.8 Å². The second-order valence-electron chi connectivity index (χ2n) is 4.31. The number of nitrogens with one attached hydrogen (secondary N) is 1. The number of carbonyl (C=O) groups is 1. The number of rotatable bonds is 1. The number of halogens is 1. The van der Waals surface area contributed by atoms with Crippen molar-refractivity contribution in [3.05, 3.63) is 64.7 Å². The highest BCUT2D eigenvalue weighted by Gasteiger charge is 2.20. The number of fused-ring (bicyclic) bond motifs is 1. The Labute approximate surface area is 115 Å². The molecule has 1 unspecified atom stereocenters. The monoisotopic (exact) mass is 270 g/mol. The van der Waals surface area contributed by atoms with Gasteiger partial charge in [0, 0.05) is 16.3 Å². The molecule has 3 nitrogen and oxygen atoms in total. The van der Waals surface area contributed by atoms with Crippen LogP contribution in [0.15, 0.2) is 53.5 Å². The van der Waals surface area contributed by atoms with Crippen LogP contribution in [0.3, 0.4) is 0 Å². The smallest absolute Gasteiger partial charge is 0.266 e. The molecule has 2 aromatic carbocycles. The maximum atomic E-state index is 11.6. The first kappa shape index (κ1) is 11.9. The van der Waals surface area contributed by atoms with Crippen LogP contribution in [0.5, 0.6) is 0 Å². The molecule has 19 heavy (non-hydrogen) atoms. The van der Waals surface area contributed by atoms with Crippen LogP contribution in [-0.4, -0.2) is 12.1 Å². The van der Waals surface area contributed by atoms with E-state index < -0.39 is 0 Å². The fourth-order valence-corrected chi connectivity index (χ4v) is 2.34. The van der Waals surface area contributed by atoms with Gasteiger partial charge in [0.25, 0.3) is 5.91 Å². The SMILES string of the molecule is O=C1C=NC(c2ccccc2)c2cc(Cl)ccc2N1. The predicted molar refractivity (Wildman–Crippen MR) is 76.9 cm³/mol. The third-order valence-electron chi connectivity index (χ3n) is 3.02. The molecule has 4 heteroatoms. The number of carbonyl (C=O) groups excluding carboxylic acids is 1. The summed E-state index contributed by atoms with van der Waals surface area (Å²) in [5.74, 6) is -0.220. The van der Waals surface area contributed by atoms with E-state index in [1.165, 1.54) is 6.21 Å². The van der Waals surface area contributed by atoms with Crippen LogP contribution < -0.4 is 5.32 Å². The highest BCUT2D eigenvalue weighted by molar-refractivity contribution is 6.33. The molecule has 1 aliphatic rings. The van der Waals surface area contributed by atoms with E-state index in [0.29, 0.717) is 5.02 Å². The zero-order valence-electron chi connectivity index (χ0n) is 10.0. The molecule has 94 valence electrons. The van der Waals surface area contributed by atoms with Crippen molar-refractivity contribution in [1.29, 1.82) is 0 Å². The van der Waals surface area contributed by atoms with Gasteiger partial charge in [-0.25, -0.2) is 0 Å². The topological polar surface area (TPSA) is 41.5 Å².